The third kappa shape index (κ3) is 2.42. The molecule has 2 fully saturated rings. The average molecular weight is 307 g/mol. The highest BCUT2D eigenvalue weighted by Crippen LogP contribution is 2.48. The van der Waals surface area contributed by atoms with E-state index in [-0.39, 0.29) is 30.7 Å². The minimum Gasteiger partial charge on any atom is -0.481 e. The maximum atomic E-state index is 13.4. The zero-order valence-electron chi connectivity index (χ0n) is 12.1. The number of benzene rings is 1. The summed E-state index contributed by atoms with van der Waals surface area (Å²) >= 11 is 0. The van der Waals surface area contributed by atoms with Crippen LogP contribution in [-0.2, 0) is 9.59 Å². The van der Waals surface area contributed by atoms with E-state index < -0.39 is 17.2 Å². The van der Waals surface area contributed by atoms with Crippen molar-refractivity contribution in [1.29, 1.82) is 0 Å². The summed E-state index contributed by atoms with van der Waals surface area (Å²) in [6.07, 6.45) is 2.35. The van der Waals surface area contributed by atoms with Crippen molar-refractivity contribution in [2.24, 2.45) is 11.3 Å². The van der Waals surface area contributed by atoms with E-state index in [0.29, 0.717) is 13.0 Å². The quantitative estimate of drug-likeness (QED) is 0.923. The molecule has 2 aliphatic rings. The van der Waals surface area contributed by atoms with Gasteiger partial charge in [-0.2, -0.15) is 0 Å². The molecule has 1 aliphatic carbocycles. The number of hydrogen-bond acceptors (Lipinski definition) is 3. The molecule has 1 aromatic carbocycles. The van der Waals surface area contributed by atoms with Gasteiger partial charge in [0.2, 0.25) is 0 Å². The molecule has 118 valence electrons. The summed E-state index contributed by atoms with van der Waals surface area (Å²) in [5, 5.41) is 9.50. The number of nitrogens with zero attached hydrogens (tertiary/aromatic N) is 1. The van der Waals surface area contributed by atoms with Crippen LogP contribution in [0.5, 0.6) is 5.75 Å². The van der Waals surface area contributed by atoms with Crippen LogP contribution in [0.2, 0.25) is 0 Å². The van der Waals surface area contributed by atoms with Crippen molar-refractivity contribution < 1.29 is 23.8 Å². The number of halogens is 1. The van der Waals surface area contributed by atoms with E-state index >= 15 is 0 Å². The molecule has 1 saturated carbocycles. The summed E-state index contributed by atoms with van der Waals surface area (Å²) in [4.78, 5) is 25.3. The third-order valence-electron chi connectivity index (χ3n) is 4.84. The lowest BCUT2D eigenvalue weighted by Crippen LogP contribution is -2.38. The topological polar surface area (TPSA) is 66.8 Å². The molecular formula is C16H18FNO4. The van der Waals surface area contributed by atoms with E-state index in [1.807, 2.05) is 0 Å². The van der Waals surface area contributed by atoms with Crippen molar-refractivity contribution in [1.82, 2.24) is 4.90 Å². The van der Waals surface area contributed by atoms with Gasteiger partial charge in [-0.1, -0.05) is 18.6 Å². The maximum absolute atomic E-state index is 13.4. The van der Waals surface area contributed by atoms with Gasteiger partial charge in [-0.25, -0.2) is 4.39 Å². The highest BCUT2D eigenvalue weighted by atomic mass is 19.1. The molecule has 1 heterocycles. The Morgan fingerprint density at radius 3 is 2.86 bits per heavy atom. The summed E-state index contributed by atoms with van der Waals surface area (Å²) in [7, 11) is 0. The Morgan fingerprint density at radius 1 is 1.41 bits per heavy atom. The van der Waals surface area contributed by atoms with Crippen molar-refractivity contribution in [3.63, 3.8) is 0 Å². The minimum atomic E-state index is -0.819. The standard InChI is InChI=1S/C16H18FNO4/c17-12-5-1-2-6-13(12)22-9-14(19)18-8-11-4-3-7-16(11,10-18)15(20)21/h1-2,5-6,11H,3-4,7-10H2,(H,20,21)/t11-,16+/m0/s1. The van der Waals surface area contributed by atoms with Gasteiger partial charge in [0.05, 0.1) is 5.41 Å². The van der Waals surface area contributed by atoms with Crippen LogP contribution < -0.4 is 4.74 Å². The molecule has 1 saturated heterocycles. The number of hydrogen-bond donors (Lipinski definition) is 1. The van der Waals surface area contributed by atoms with Crippen molar-refractivity contribution in [3.8, 4) is 5.75 Å². The average Bonchev–Trinajstić information content (AvgIpc) is 3.04. The number of amides is 1. The molecule has 0 aromatic heterocycles. The predicted octanol–water partition coefficient (Wildman–Crippen LogP) is 1.92. The molecule has 0 spiro atoms. The zero-order chi connectivity index (χ0) is 15.7. The van der Waals surface area contributed by atoms with Gasteiger partial charge in [-0.15, -0.1) is 0 Å². The predicted molar refractivity (Wildman–Crippen MR) is 75.9 cm³/mol. The number of para-hydroxylation sites is 1. The van der Waals surface area contributed by atoms with Gasteiger partial charge in [0.15, 0.2) is 18.2 Å². The van der Waals surface area contributed by atoms with Gasteiger partial charge in [0.25, 0.3) is 5.91 Å². The minimum absolute atomic E-state index is 0.0161. The van der Waals surface area contributed by atoms with Crippen LogP contribution >= 0.6 is 0 Å². The lowest BCUT2D eigenvalue weighted by Gasteiger charge is -2.23. The van der Waals surface area contributed by atoms with Crippen molar-refractivity contribution in [2.45, 2.75) is 19.3 Å². The van der Waals surface area contributed by atoms with Crippen LogP contribution in [0.3, 0.4) is 0 Å². The van der Waals surface area contributed by atoms with E-state index in [9.17, 15) is 19.1 Å². The van der Waals surface area contributed by atoms with Gasteiger partial charge in [0, 0.05) is 13.1 Å². The van der Waals surface area contributed by atoms with Gasteiger partial charge >= 0.3 is 5.97 Å². The molecule has 2 atom stereocenters. The second-order valence-corrected chi connectivity index (χ2v) is 6.04. The Labute approximate surface area is 127 Å². The lowest BCUT2D eigenvalue weighted by molar-refractivity contribution is -0.149. The smallest absolute Gasteiger partial charge is 0.311 e. The Balaban J connectivity index is 1.63. The third-order valence-corrected chi connectivity index (χ3v) is 4.84. The monoisotopic (exact) mass is 307 g/mol. The molecule has 0 unspecified atom stereocenters. The molecule has 22 heavy (non-hydrogen) atoms. The van der Waals surface area contributed by atoms with E-state index in [1.165, 1.54) is 12.1 Å². The van der Waals surface area contributed by atoms with E-state index in [4.69, 9.17) is 4.74 Å². The Hall–Kier alpha value is -2.11. The van der Waals surface area contributed by atoms with Gasteiger partial charge in [0.1, 0.15) is 0 Å². The van der Waals surface area contributed by atoms with Crippen LogP contribution in [0.1, 0.15) is 19.3 Å². The van der Waals surface area contributed by atoms with Crippen molar-refractivity contribution in [3.05, 3.63) is 30.1 Å². The first-order valence-electron chi connectivity index (χ1n) is 7.41. The molecule has 0 radical (unpaired) electrons. The number of carbonyl (C=O) groups excluding carboxylic acids is 1. The first-order chi connectivity index (χ1) is 10.5. The molecule has 3 rings (SSSR count). The molecule has 1 N–H and O–H groups in total. The fourth-order valence-electron chi connectivity index (χ4n) is 3.62. The molecule has 1 amide bonds. The number of carbonyl (C=O) groups is 2. The number of carboxylic acid groups (broad SMARTS) is 1. The molecule has 5 nitrogen and oxygen atoms in total. The highest BCUT2D eigenvalue weighted by Gasteiger charge is 2.55. The maximum Gasteiger partial charge on any atom is 0.311 e. The fourth-order valence-corrected chi connectivity index (χ4v) is 3.62. The number of fused-ring (bicyclic) bond motifs is 1. The first-order valence-corrected chi connectivity index (χ1v) is 7.41. The fraction of sp³-hybridized carbons (Fsp3) is 0.500. The largest absolute Gasteiger partial charge is 0.481 e. The summed E-state index contributed by atoms with van der Waals surface area (Å²) in [5.41, 5.74) is -0.798. The van der Waals surface area contributed by atoms with Gasteiger partial charge in [-0.3, -0.25) is 9.59 Å². The zero-order valence-corrected chi connectivity index (χ0v) is 12.1. The number of likely N-dealkylation sites (tertiary alicyclic amines) is 1. The van der Waals surface area contributed by atoms with Crippen LogP contribution in [0.25, 0.3) is 0 Å². The van der Waals surface area contributed by atoms with E-state index in [1.54, 1.807) is 17.0 Å². The number of ether oxygens (including phenoxy) is 1. The molecular weight excluding hydrogens is 289 g/mol. The van der Waals surface area contributed by atoms with Crippen LogP contribution in [0.4, 0.5) is 4.39 Å². The van der Waals surface area contributed by atoms with Crippen LogP contribution in [0, 0.1) is 17.2 Å². The molecule has 6 heteroatoms. The Kier molecular flexibility index (Phi) is 3.76. The number of carboxylic acids is 1. The second-order valence-electron chi connectivity index (χ2n) is 6.04. The normalized spacial score (nSPS) is 26.8. The SMILES string of the molecule is O=C(COc1ccccc1F)N1C[C@@H]2CCC[C@@]2(C(=O)O)C1. The van der Waals surface area contributed by atoms with E-state index in [2.05, 4.69) is 0 Å². The number of rotatable bonds is 4. The van der Waals surface area contributed by atoms with Gasteiger partial charge < -0.3 is 14.7 Å². The van der Waals surface area contributed by atoms with Crippen LogP contribution in [0.15, 0.2) is 24.3 Å². The Bertz CT molecular complexity index is 606. The summed E-state index contributed by atoms with van der Waals surface area (Å²) in [5.74, 6) is -1.58. The number of aliphatic carboxylic acids is 1. The molecule has 1 aromatic rings. The molecule has 0 bridgehead atoms. The Morgan fingerprint density at radius 2 is 2.18 bits per heavy atom. The van der Waals surface area contributed by atoms with E-state index in [0.717, 1.165) is 12.8 Å². The van der Waals surface area contributed by atoms with Crippen molar-refractivity contribution >= 4 is 11.9 Å². The summed E-state index contributed by atoms with van der Waals surface area (Å²) in [6.45, 7) is 0.404. The first kappa shape index (κ1) is 14.8. The molecule has 1 aliphatic heterocycles. The summed E-state index contributed by atoms with van der Waals surface area (Å²) < 4.78 is 18.7. The van der Waals surface area contributed by atoms with Crippen molar-refractivity contribution in [2.75, 3.05) is 19.7 Å². The summed E-state index contributed by atoms with van der Waals surface area (Å²) in [6, 6.07) is 5.89. The highest BCUT2D eigenvalue weighted by molar-refractivity contribution is 5.82. The second kappa shape index (κ2) is 5.59. The van der Waals surface area contributed by atoms with Gasteiger partial charge in [-0.05, 0) is 30.9 Å². The lowest BCUT2D eigenvalue weighted by atomic mass is 9.81. The van der Waals surface area contributed by atoms with Crippen LogP contribution in [-0.4, -0.2) is 41.6 Å².